The van der Waals surface area contributed by atoms with Gasteiger partial charge in [-0.15, -0.1) is 0 Å². The lowest BCUT2D eigenvalue weighted by Gasteiger charge is -2.16. The molecule has 3 aliphatic heterocycles. The Hall–Kier alpha value is -3.75. The number of benzene rings is 2. The second-order valence-electron chi connectivity index (χ2n) is 6.60. The highest BCUT2D eigenvalue weighted by atomic mass is 16.7. The number of anilines is 1. The molecule has 0 aliphatic carbocycles. The van der Waals surface area contributed by atoms with E-state index < -0.39 is 23.8 Å². The van der Waals surface area contributed by atoms with Crippen molar-refractivity contribution in [3.05, 3.63) is 42.0 Å². The van der Waals surface area contributed by atoms with Gasteiger partial charge in [-0.05, 0) is 24.3 Å². The Labute approximate surface area is 165 Å². The summed E-state index contributed by atoms with van der Waals surface area (Å²) in [6.45, 7) is 0.100. The van der Waals surface area contributed by atoms with Gasteiger partial charge in [0.25, 0.3) is 5.91 Å². The van der Waals surface area contributed by atoms with Crippen LogP contribution in [0.1, 0.15) is 5.56 Å². The molecule has 2 atom stereocenters. The van der Waals surface area contributed by atoms with E-state index in [2.05, 4.69) is 5.16 Å². The van der Waals surface area contributed by atoms with E-state index >= 15 is 0 Å². The summed E-state index contributed by atoms with van der Waals surface area (Å²) in [5.74, 6) is 0.334. The van der Waals surface area contributed by atoms with Crippen LogP contribution in [-0.4, -0.2) is 44.6 Å². The number of hydrogen-bond donors (Lipinski definition) is 0. The van der Waals surface area contributed by atoms with Crippen molar-refractivity contribution in [1.82, 2.24) is 0 Å². The summed E-state index contributed by atoms with van der Waals surface area (Å²) in [6, 6.07) is 10.0. The zero-order valence-corrected chi connectivity index (χ0v) is 15.6. The van der Waals surface area contributed by atoms with E-state index in [4.69, 9.17) is 23.8 Å². The van der Waals surface area contributed by atoms with E-state index in [9.17, 15) is 9.59 Å². The van der Waals surface area contributed by atoms with Crippen LogP contribution in [0.2, 0.25) is 0 Å². The molecule has 2 amide bonds. The van der Waals surface area contributed by atoms with Gasteiger partial charge in [-0.3, -0.25) is 9.59 Å². The van der Waals surface area contributed by atoms with Gasteiger partial charge in [0.1, 0.15) is 23.1 Å². The number of hydrogen-bond acceptors (Lipinski definition) is 8. The van der Waals surface area contributed by atoms with Crippen molar-refractivity contribution in [3.8, 4) is 23.0 Å². The van der Waals surface area contributed by atoms with E-state index in [1.165, 1.54) is 7.11 Å². The summed E-state index contributed by atoms with van der Waals surface area (Å²) >= 11 is 0. The molecule has 148 valence electrons. The Balaban J connectivity index is 1.51. The summed E-state index contributed by atoms with van der Waals surface area (Å²) in [5, 5.41) is 4.02. The van der Waals surface area contributed by atoms with Gasteiger partial charge < -0.3 is 23.8 Å². The number of rotatable bonds is 4. The molecule has 0 saturated carbocycles. The van der Waals surface area contributed by atoms with Gasteiger partial charge in [-0.1, -0.05) is 5.16 Å². The Bertz CT molecular complexity index is 1060. The third-order valence-corrected chi connectivity index (χ3v) is 5.11. The van der Waals surface area contributed by atoms with Gasteiger partial charge in [0.2, 0.25) is 18.8 Å². The molecule has 2 unspecified atom stereocenters. The molecule has 1 fully saturated rings. The minimum absolute atomic E-state index is 0.100. The van der Waals surface area contributed by atoms with Crippen LogP contribution in [0.4, 0.5) is 5.69 Å². The highest BCUT2D eigenvalue weighted by molar-refractivity contribution is 6.32. The maximum Gasteiger partial charge on any atom is 0.278 e. The van der Waals surface area contributed by atoms with E-state index in [1.54, 1.807) is 43.5 Å². The SMILES string of the molecule is COc1ccc(C2=NOC3C(=O)N(c4ccc5c(c4)OCO5)C(=O)C23)c(OC)c1. The molecule has 1 saturated heterocycles. The zero-order chi connectivity index (χ0) is 20.1. The maximum absolute atomic E-state index is 13.2. The molecule has 9 nitrogen and oxygen atoms in total. The Morgan fingerprint density at radius 2 is 1.83 bits per heavy atom. The number of carbonyl (C=O) groups is 2. The van der Waals surface area contributed by atoms with E-state index in [0.29, 0.717) is 40.0 Å². The van der Waals surface area contributed by atoms with Crippen LogP contribution in [0.15, 0.2) is 41.6 Å². The first-order valence-electron chi connectivity index (χ1n) is 8.86. The fraction of sp³-hybridized carbons (Fsp3) is 0.250. The molecule has 2 aromatic rings. The first kappa shape index (κ1) is 17.4. The Morgan fingerprint density at radius 1 is 1.00 bits per heavy atom. The van der Waals surface area contributed by atoms with Crippen LogP contribution in [0.3, 0.4) is 0 Å². The number of nitrogens with zero attached hydrogens (tertiary/aromatic N) is 2. The highest BCUT2D eigenvalue weighted by Gasteiger charge is 2.56. The lowest BCUT2D eigenvalue weighted by atomic mass is 9.93. The first-order valence-corrected chi connectivity index (χ1v) is 8.86. The van der Waals surface area contributed by atoms with Crippen LogP contribution in [0, 0.1) is 5.92 Å². The number of carbonyl (C=O) groups excluding carboxylic acids is 2. The van der Waals surface area contributed by atoms with Crippen molar-refractivity contribution in [1.29, 1.82) is 0 Å². The largest absolute Gasteiger partial charge is 0.497 e. The topological polar surface area (TPSA) is 95.9 Å². The monoisotopic (exact) mass is 396 g/mol. The molecule has 0 bridgehead atoms. The van der Waals surface area contributed by atoms with Crippen LogP contribution in [0.25, 0.3) is 0 Å². The maximum atomic E-state index is 13.2. The molecule has 29 heavy (non-hydrogen) atoms. The molecule has 5 rings (SSSR count). The standard InChI is InChI=1S/C20H16N2O7/c1-25-11-4-5-12(14(8-11)26-2)17-16-18(29-21-17)20(24)22(19(16)23)10-3-6-13-15(7-10)28-9-27-13/h3-8,16,18H,9H2,1-2H3. The van der Waals surface area contributed by atoms with Crippen LogP contribution < -0.4 is 23.8 Å². The lowest BCUT2D eigenvalue weighted by Crippen LogP contribution is -2.33. The van der Waals surface area contributed by atoms with Crippen molar-refractivity contribution in [2.45, 2.75) is 6.10 Å². The van der Waals surface area contributed by atoms with Crippen LogP contribution >= 0.6 is 0 Å². The van der Waals surface area contributed by atoms with Crippen molar-refractivity contribution in [2.75, 3.05) is 25.9 Å². The molecule has 0 aromatic heterocycles. The summed E-state index contributed by atoms with van der Waals surface area (Å²) in [7, 11) is 3.05. The minimum Gasteiger partial charge on any atom is -0.497 e. The number of ether oxygens (including phenoxy) is 4. The molecule has 0 radical (unpaired) electrons. The van der Waals surface area contributed by atoms with Crippen molar-refractivity contribution in [3.63, 3.8) is 0 Å². The molecule has 2 aromatic carbocycles. The zero-order valence-electron chi connectivity index (χ0n) is 15.6. The molecule has 3 aliphatic rings. The Kier molecular flexibility index (Phi) is 3.83. The molecule has 3 heterocycles. The summed E-state index contributed by atoms with van der Waals surface area (Å²) in [5.41, 5.74) is 1.30. The van der Waals surface area contributed by atoms with Gasteiger partial charge in [-0.25, -0.2) is 4.90 Å². The van der Waals surface area contributed by atoms with E-state index in [-0.39, 0.29) is 6.79 Å². The second-order valence-corrected chi connectivity index (χ2v) is 6.60. The third-order valence-electron chi connectivity index (χ3n) is 5.11. The Morgan fingerprint density at radius 3 is 2.62 bits per heavy atom. The summed E-state index contributed by atoms with van der Waals surface area (Å²) < 4.78 is 21.3. The second kappa shape index (κ2) is 6.40. The van der Waals surface area contributed by atoms with Crippen LogP contribution in [-0.2, 0) is 14.4 Å². The number of imide groups is 1. The fourth-order valence-corrected chi connectivity index (χ4v) is 3.69. The molecular weight excluding hydrogens is 380 g/mol. The minimum atomic E-state index is -1.02. The molecule has 0 spiro atoms. The quantitative estimate of drug-likeness (QED) is 0.726. The van der Waals surface area contributed by atoms with Gasteiger partial charge >= 0.3 is 0 Å². The summed E-state index contributed by atoms with van der Waals surface area (Å²) in [4.78, 5) is 32.6. The van der Waals surface area contributed by atoms with Gasteiger partial charge in [0.05, 0.1) is 19.9 Å². The fourth-order valence-electron chi connectivity index (χ4n) is 3.69. The predicted molar refractivity (Wildman–Crippen MR) is 99.5 cm³/mol. The van der Waals surface area contributed by atoms with Crippen molar-refractivity contribution >= 4 is 23.2 Å². The average Bonchev–Trinajstić information content (AvgIpc) is 3.44. The number of amides is 2. The lowest BCUT2D eigenvalue weighted by molar-refractivity contribution is -0.126. The average molecular weight is 396 g/mol. The number of methoxy groups -OCH3 is 2. The highest BCUT2D eigenvalue weighted by Crippen LogP contribution is 2.41. The predicted octanol–water partition coefficient (Wildman–Crippen LogP) is 1.72. The molecule has 0 N–H and O–H groups in total. The van der Waals surface area contributed by atoms with Crippen molar-refractivity contribution < 1.29 is 33.4 Å². The first-order chi connectivity index (χ1) is 14.1. The van der Waals surface area contributed by atoms with E-state index in [1.807, 2.05) is 0 Å². The van der Waals surface area contributed by atoms with Crippen molar-refractivity contribution in [2.24, 2.45) is 11.1 Å². The number of fused-ring (bicyclic) bond motifs is 2. The number of oxime groups is 1. The molecular formula is C20H16N2O7. The normalized spacial score (nSPS) is 21.7. The van der Waals surface area contributed by atoms with Gasteiger partial charge in [0.15, 0.2) is 11.5 Å². The van der Waals surface area contributed by atoms with Gasteiger partial charge in [0, 0.05) is 17.7 Å². The van der Waals surface area contributed by atoms with E-state index in [0.717, 1.165) is 4.90 Å². The van der Waals surface area contributed by atoms with Gasteiger partial charge in [-0.2, -0.15) is 0 Å². The summed E-state index contributed by atoms with van der Waals surface area (Å²) in [6.07, 6.45) is -1.02. The molecule has 9 heteroatoms. The smallest absolute Gasteiger partial charge is 0.278 e. The van der Waals surface area contributed by atoms with Crippen LogP contribution in [0.5, 0.6) is 23.0 Å². The third kappa shape index (κ3) is 2.50.